The molecule has 14 heteroatoms. The normalized spacial score (nSPS) is 14.6. The van der Waals surface area contributed by atoms with E-state index >= 15 is 0 Å². The Hall–Kier alpha value is -3.75. The van der Waals surface area contributed by atoms with Crippen LogP contribution in [0.25, 0.3) is 6.08 Å². The summed E-state index contributed by atoms with van der Waals surface area (Å²) in [5, 5.41) is 12.4. The highest BCUT2D eigenvalue weighted by Crippen LogP contribution is 2.40. The molecular weight excluding hydrogens is 611 g/mol. The van der Waals surface area contributed by atoms with E-state index in [-0.39, 0.29) is 20.5 Å². The lowest BCUT2D eigenvalue weighted by Crippen LogP contribution is -2.44. The number of carbonyl (C=O) groups excluding carboxylic acids is 2. The minimum Gasteiger partial charge on any atom is -0.449 e. The van der Waals surface area contributed by atoms with E-state index in [1.165, 1.54) is 12.1 Å². The van der Waals surface area contributed by atoms with Crippen molar-refractivity contribution < 1.29 is 32.4 Å². The summed E-state index contributed by atoms with van der Waals surface area (Å²) >= 11 is 9.43. The molecule has 194 valence electrons. The smallest absolute Gasteiger partial charge is 0.416 e. The Balaban J connectivity index is 1.64. The third-order valence-corrected chi connectivity index (χ3v) is 6.80. The average Bonchev–Trinajstić information content (AvgIpc) is 3.12. The van der Waals surface area contributed by atoms with Gasteiger partial charge in [-0.2, -0.15) is 18.2 Å². The van der Waals surface area contributed by atoms with Gasteiger partial charge in [0.2, 0.25) is 5.75 Å². The maximum atomic E-state index is 13.0. The number of nitrogens with one attached hydrogen (secondary N) is 1. The van der Waals surface area contributed by atoms with Crippen LogP contribution in [0.5, 0.6) is 11.5 Å². The van der Waals surface area contributed by atoms with Crippen LogP contribution in [0.1, 0.15) is 21.5 Å². The molecule has 4 rings (SSSR count). The van der Waals surface area contributed by atoms with E-state index in [9.17, 15) is 32.9 Å². The van der Waals surface area contributed by atoms with E-state index in [2.05, 4.69) is 21.4 Å². The van der Waals surface area contributed by atoms with Crippen molar-refractivity contribution in [1.82, 2.24) is 10.4 Å². The highest BCUT2D eigenvalue weighted by molar-refractivity contribution is 9.10. The van der Waals surface area contributed by atoms with Crippen molar-refractivity contribution in [2.75, 3.05) is 0 Å². The maximum Gasteiger partial charge on any atom is 0.416 e. The minimum absolute atomic E-state index is 0.0228. The second kappa shape index (κ2) is 10.9. The SMILES string of the molecule is O=C(NN1C(=O)/C(=C\c2cc(Br)ccc2Oc2ccc(C(F)(F)F)cc2[N+](=O)[O-])SC1=S)c1ccccc1. The molecule has 8 nitrogen and oxygen atoms in total. The molecule has 1 heterocycles. The lowest BCUT2D eigenvalue weighted by atomic mass is 10.1. The van der Waals surface area contributed by atoms with Gasteiger partial charge in [-0.25, -0.2) is 0 Å². The summed E-state index contributed by atoms with van der Waals surface area (Å²) in [6.07, 6.45) is -3.39. The van der Waals surface area contributed by atoms with Crippen molar-refractivity contribution in [2.24, 2.45) is 0 Å². The maximum absolute atomic E-state index is 13.0. The summed E-state index contributed by atoms with van der Waals surface area (Å²) in [5.41, 5.74) is 0.941. The number of thiocarbonyl (C=S) groups is 1. The number of alkyl halides is 3. The van der Waals surface area contributed by atoms with Gasteiger partial charge in [0, 0.05) is 21.7 Å². The van der Waals surface area contributed by atoms with Crippen LogP contribution in [0.4, 0.5) is 18.9 Å². The second-order valence-electron chi connectivity index (χ2n) is 7.55. The molecule has 2 amide bonds. The predicted octanol–water partition coefficient (Wildman–Crippen LogP) is 6.71. The molecule has 0 bridgehead atoms. The van der Waals surface area contributed by atoms with Gasteiger partial charge in [-0.3, -0.25) is 25.1 Å². The number of carbonyl (C=O) groups is 2. The fourth-order valence-electron chi connectivity index (χ4n) is 3.23. The van der Waals surface area contributed by atoms with Gasteiger partial charge in [0.05, 0.1) is 15.4 Å². The molecule has 0 saturated carbocycles. The number of nitro groups is 1. The lowest BCUT2D eigenvalue weighted by molar-refractivity contribution is -0.385. The van der Waals surface area contributed by atoms with Gasteiger partial charge in [-0.05, 0) is 60.8 Å². The number of hydrogen-bond donors (Lipinski definition) is 1. The number of ether oxygens (including phenoxy) is 1. The molecule has 0 unspecified atom stereocenters. The summed E-state index contributed by atoms with van der Waals surface area (Å²) in [5.74, 6) is -1.59. The Morgan fingerprint density at radius 3 is 2.45 bits per heavy atom. The van der Waals surface area contributed by atoms with E-state index in [4.69, 9.17) is 17.0 Å². The number of hydrogen-bond acceptors (Lipinski definition) is 7. The number of nitro benzene ring substituents is 1. The Bertz CT molecular complexity index is 1500. The van der Waals surface area contributed by atoms with Crippen molar-refractivity contribution in [2.45, 2.75) is 6.18 Å². The van der Waals surface area contributed by atoms with Gasteiger partial charge in [0.25, 0.3) is 11.8 Å². The molecule has 38 heavy (non-hydrogen) atoms. The number of hydrazine groups is 1. The molecule has 0 atom stereocenters. The first-order valence-corrected chi connectivity index (χ1v) is 12.4. The zero-order valence-corrected chi connectivity index (χ0v) is 21.9. The highest BCUT2D eigenvalue weighted by Gasteiger charge is 2.35. The van der Waals surface area contributed by atoms with E-state index in [0.29, 0.717) is 22.2 Å². The molecular formula is C24H13BrF3N3O5S2. The van der Waals surface area contributed by atoms with E-state index in [1.807, 2.05) is 0 Å². The summed E-state index contributed by atoms with van der Waals surface area (Å²) in [6, 6.07) is 14.6. The zero-order valence-electron chi connectivity index (χ0n) is 18.7. The third-order valence-electron chi connectivity index (χ3n) is 5.00. The van der Waals surface area contributed by atoms with Crippen LogP contribution < -0.4 is 10.2 Å². The van der Waals surface area contributed by atoms with Gasteiger partial charge >= 0.3 is 11.9 Å². The monoisotopic (exact) mass is 623 g/mol. The van der Waals surface area contributed by atoms with E-state index < -0.39 is 39.9 Å². The molecule has 0 radical (unpaired) electrons. The molecule has 3 aromatic carbocycles. The number of nitrogens with zero attached hydrogens (tertiary/aromatic N) is 2. The lowest BCUT2D eigenvalue weighted by Gasteiger charge is -2.15. The molecule has 1 fully saturated rings. The number of halogens is 4. The quantitative estimate of drug-likeness (QED) is 0.141. The van der Waals surface area contributed by atoms with Crippen LogP contribution in [-0.4, -0.2) is 26.1 Å². The van der Waals surface area contributed by atoms with Crippen molar-refractivity contribution in [1.29, 1.82) is 0 Å². The molecule has 1 saturated heterocycles. The van der Waals surface area contributed by atoms with Crippen LogP contribution in [0.3, 0.4) is 0 Å². The average molecular weight is 624 g/mol. The molecule has 1 aliphatic rings. The van der Waals surface area contributed by atoms with Gasteiger partial charge in [-0.15, -0.1) is 0 Å². The minimum atomic E-state index is -4.78. The van der Waals surface area contributed by atoms with E-state index in [0.717, 1.165) is 22.8 Å². The summed E-state index contributed by atoms with van der Waals surface area (Å²) in [7, 11) is 0. The first-order chi connectivity index (χ1) is 17.9. The van der Waals surface area contributed by atoms with Crippen molar-refractivity contribution >= 4 is 67.8 Å². The highest BCUT2D eigenvalue weighted by atomic mass is 79.9. The number of amides is 2. The fraction of sp³-hybridized carbons (Fsp3) is 0.0417. The van der Waals surface area contributed by atoms with Crippen molar-refractivity contribution in [3.8, 4) is 11.5 Å². The van der Waals surface area contributed by atoms with Crippen LogP contribution in [0.2, 0.25) is 0 Å². The van der Waals surface area contributed by atoms with Crippen LogP contribution >= 0.6 is 39.9 Å². The number of thioether (sulfide) groups is 1. The molecule has 1 N–H and O–H groups in total. The second-order valence-corrected chi connectivity index (χ2v) is 10.1. The van der Waals surface area contributed by atoms with Crippen LogP contribution in [0, 0.1) is 10.1 Å². The van der Waals surface area contributed by atoms with Crippen molar-refractivity contribution in [3.63, 3.8) is 0 Å². The van der Waals surface area contributed by atoms with Gasteiger partial charge in [0.1, 0.15) is 5.75 Å². The summed E-state index contributed by atoms with van der Waals surface area (Å²) < 4.78 is 45.4. The Labute approximate surface area is 230 Å². The molecule has 0 aromatic heterocycles. The standard InChI is InChI=1S/C24H13BrF3N3O5S2/c25-16-7-9-18(36-19-8-6-15(24(26,27)28)12-17(19)31(34)35)14(10-16)11-20-22(33)30(23(37)38-20)29-21(32)13-4-2-1-3-5-13/h1-12H,(H,29,32)/b20-11+. The number of benzene rings is 3. The van der Waals surface area contributed by atoms with Crippen molar-refractivity contribution in [3.05, 3.63) is 103 Å². The van der Waals surface area contributed by atoms with Gasteiger partial charge in [-0.1, -0.05) is 45.9 Å². The molecule has 1 aliphatic heterocycles. The first kappa shape index (κ1) is 27.3. The first-order valence-electron chi connectivity index (χ1n) is 10.4. The van der Waals surface area contributed by atoms with E-state index in [1.54, 1.807) is 42.5 Å². The fourth-order valence-corrected chi connectivity index (χ4v) is 4.78. The largest absolute Gasteiger partial charge is 0.449 e. The molecule has 0 aliphatic carbocycles. The number of rotatable bonds is 6. The summed E-state index contributed by atoms with van der Waals surface area (Å²) in [6.45, 7) is 0. The summed E-state index contributed by atoms with van der Waals surface area (Å²) in [4.78, 5) is 36.1. The van der Waals surface area contributed by atoms with Gasteiger partial charge < -0.3 is 4.74 Å². The van der Waals surface area contributed by atoms with Crippen LogP contribution in [0.15, 0.2) is 76.1 Å². The van der Waals surface area contributed by atoms with Crippen LogP contribution in [-0.2, 0) is 11.0 Å². The topological polar surface area (TPSA) is 102 Å². The zero-order chi connectivity index (χ0) is 27.6. The molecule has 3 aromatic rings. The Kier molecular flexibility index (Phi) is 7.85. The molecule has 0 spiro atoms. The Morgan fingerprint density at radius 1 is 1.11 bits per heavy atom. The third kappa shape index (κ3) is 6.03. The van der Waals surface area contributed by atoms with Gasteiger partial charge in [0.15, 0.2) is 4.32 Å². The Morgan fingerprint density at radius 2 is 1.79 bits per heavy atom. The predicted molar refractivity (Wildman–Crippen MR) is 141 cm³/mol.